The van der Waals surface area contributed by atoms with Crippen LogP contribution in [-0.4, -0.2) is 12.8 Å². The summed E-state index contributed by atoms with van der Waals surface area (Å²) in [7, 11) is 0. The number of halogens is 4. The highest BCUT2D eigenvalue weighted by Crippen LogP contribution is 2.39. The van der Waals surface area contributed by atoms with Crippen molar-refractivity contribution < 1.29 is 27.0 Å². The average Bonchev–Trinajstić information content (AvgIpc) is 2.73. The molecule has 0 aliphatic carbocycles. The number of aryl methyl sites for hydroxylation is 1. The van der Waals surface area contributed by atoms with E-state index in [4.69, 9.17) is 9.47 Å². The molecule has 0 radical (unpaired) electrons. The van der Waals surface area contributed by atoms with E-state index in [0.29, 0.717) is 24.3 Å². The van der Waals surface area contributed by atoms with E-state index in [1.807, 2.05) is 48.5 Å². The minimum absolute atomic E-state index is 0.0394. The van der Waals surface area contributed by atoms with E-state index in [1.165, 1.54) is 12.1 Å². The van der Waals surface area contributed by atoms with Crippen LogP contribution in [0, 0.1) is 5.82 Å². The van der Waals surface area contributed by atoms with Crippen molar-refractivity contribution in [2.45, 2.75) is 38.3 Å². The van der Waals surface area contributed by atoms with Gasteiger partial charge in [-0.3, -0.25) is 0 Å². The maximum atomic E-state index is 14.1. The van der Waals surface area contributed by atoms with Crippen LogP contribution in [0.15, 0.2) is 72.8 Å². The molecule has 31 heavy (non-hydrogen) atoms. The predicted octanol–water partition coefficient (Wildman–Crippen LogP) is 7.69. The van der Waals surface area contributed by atoms with Crippen LogP contribution in [-0.2, 0) is 6.42 Å². The molecule has 1 atom stereocenters. The van der Waals surface area contributed by atoms with E-state index < -0.39 is 17.9 Å². The molecule has 0 N–H and O–H groups in total. The van der Waals surface area contributed by atoms with Crippen LogP contribution in [0.4, 0.5) is 17.6 Å². The third-order valence-electron chi connectivity index (χ3n) is 4.89. The molecule has 2 nitrogen and oxygen atoms in total. The lowest BCUT2D eigenvalue weighted by atomic mass is 9.91. The van der Waals surface area contributed by atoms with Crippen molar-refractivity contribution in [1.29, 1.82) is 0 Å². The summed E-state index contributed by atoms with van der Waals surface area (Å²) < 4.78 is 65.9. The summed E-state index contributed by atoms with van der Waals surface area (Å²) in [5.41, 5.74) is 0.793. The second-order valence-electron chi connectivity index (χ2n) is 7.17. The van der Waals surface area contributed by atoms with E-state index in [-0.39, 0.29) is 24.3 Å². The molecule has 0 spiro atoms. The number of alkyl halides is 3. The molecule has 0 aliphatic heterocycles. The van der Waals surface area contributed by atoms with Crippen molar-refractivity contribution in [2.75, 3.05) is 6.61 Å². The van der Waals surface area contributed by atoms with Crippen molar-refractivity contribution in [3.8, 4) is 17.2 Å². The van der Waals surface area contributed by atoms with Gasteiger partial charge in [0.2, 0.25) is 0 Å². The number of hydrogen-bond donors (Lipinski definition) is 0. The first-order valence-corrected chi connectivity index (χ1v) is 10.2. The van der Waals surface area contributed by atoms with Gasteiger partial charge in [0, 0.05) is 0 Å². The van der Waals surface area contributed by atoms with Gasteiger partial charge in [-0.2, -0.15) is 13.2 Å². The lowest BCUT2D eigenvalue weighted by Gasteiger charge is -2.21. The van der Waals surface area contributed by atoms with Crippen LogP contribution in [0.3, 0.4) is 0 Å². The zero-order valence-electron chi connectivity index (χ0n) is 17.2. The molecule has 0 heterocycles. The maximum absolute atomic E-state index is 14.1. The second-order valence-corrected chi connectivity index (χ2v) is 7.17. The fourth-order valence-electron chi connectivity index (χ4n) is 3.43. The first-order chi connectivity index (χ1) is 14.9. The highest BCUT2D eigenvalue weighted by atomic mass is 19.4. The van der Waals surface area contributed by atoms with Crippen molar-refractivity contribution in [3.05, 3.63) is 89.7 Å². The van der Waals surface area contributed by atoms with Gasteiger partial charge in [-0.05, 0) is 73.7 Å². The number of para-hydroxylation sites is 1. The number of rotatable bonds is 9. The van der Waals surface area contributed by atoms with E-state index in [9.17, 15) is 17.6 Å². The summed E-state index contributed by atoms with van der Waals surface area (Å²) in [5, 5.41) is 0. The van der Waals surface area contributed by atoms with Crippen molar-refractivity contribution in [2.24, 2.45) is 0 Å². The van der Waals surface area contributed by atoms with E-state index in [0.717, 1.165) is 11.6 Å². The predicted molar refractivity (Wildman–Crippen MR) is 112 cm³/mol. The molecular weight excluding hydrogens is 408 g/mol. The lowest BCUT2D eigenvalue weighted by molar-refractivity contribution is -0.152. The van der Waals surface area contributed by atoms with E-state index in [1.54, 1.807) is 13.0 Å². The Morgan fingerprint density at radius 1 is 0.871 bits per heavy atom. The van der Waals surface area contributed by atoms with Crippen LogP contribution >= 0.6 is 0 Å². The summed E-state index contributed by atoms with van der Waals surface area (Å²) in [4.78, 5) is 0. The minimum Gasteiger partial charge on any atom is -0.491 e. The third kappa shape index (κ3) is 6.48. The summed E-state index contributed by atoms with van der Waals surface area (Å²) in [6.07, 6.45) is -3.84. The molecule has 0 aliphatic rings. The Morgan fingerprint density at radius 2 is 1.61 bits per heavy atom. The molecule has 0 amide bonds. The normalized spacial score (nSPS) is 12.4. The molecule has 0 aromatic heterocycles. The van der Waals surface area contributed by atoms with E-state index in [2.05, 4.69) is 0 Å². The fraction of sp³-hybridized carbons (Fsp3) is 0.280. The topological polar surface area (TPSA) is 18.5 Å². The van der Waals surface area contributed by atoms with Gasteiger partial charge in [0.25, 0.3) is 0 Å². The van der Waals surface area contributed by atoms with Gasteiger partial charge in [-0.25, -0.2) is 4.39 Å². The Labute approximate surface area is 179 Å². The standard InChI is InChI=1S/C25H24F4O2/c1-2-30-24-15-14-19(17-23(24)26)22(25(27,28)29)13-7-9-18-8-6-12-21(16-18)31-20-10-4-3-5-11-20/h3-6,8,10-12,14-17,22H,2,7,9,13H2,1H3. The Hall–Kier alpha value is -3.02. The first kappa shape index (κ1) is 22.7. The second kappa shape index (κ2) is 10.3. The van der Waals surface area contributed by atoms with Crippen molar-refractivity contribution in [3.63, 3.8) is 0 Å². The highest BCUT2D eigenvalue weighted by molar-refractivity contribution is 5.34. The summed E-state index contributed by atoms with van der Waals surface area (Å²) >= 11 is 0. The zero-order chi connectivity index (χ0) is 22.3. The van der Waals surface area contributed by atoms with Gasteiger partial charge < -0.3 is 9.47 Å². The first-order valence-electron chi connectivity index (χ1n) is 10.2. The quantitative estimate of drug-likeness (QED) is 0.323. The van der Waals surface area contributed by atoms with Crippen LogP contribution in [0.5, 0.6) is 17.2 Å². The summed E-state index contributed by atoms with van der Waals surface area (Å²) in [5.74, 6) is -1.23. The van der Waals surface area contributed by atoms with Crippen molar-refractivity contribution >= 4 is 0 Å². The molecular formula is C25H24F4O2. The minimum atomic E-state index is -4.46. The van der Waals surface area contributed by atoms with E-state index >= 15 is 0 Å². The van der Waals surface area contributed by atoms with Crippen LogP contribution in [0.2, 0.25) is 0 Å². The number of hydrogen-bond acceptors (Lipinski definition) is 2. The molecule has 6 heteroatoms. The molecule has 3 rings (SSSR count). The molecule has 1 unspecified atom stereocenters. The van der Waals surface area contributed by atoms with Gasteiger partial charge in [0.1, 0.15) is 11.5 Å². The third-order valence-corrected chi connectivity index (χ3v) is 4.89. The fourth-order valence-corrected chi connectivity index (χ4v) is 3.43. The Bertz CT molecular complexity index is 971. The monoisotopic (exact) mass is 432 g/mol. The maximum Gasteiger partial charge on any atom is 0.395 e. The molecule has 3 aromatic carbocycles. The van der Waals surface area contributed by atoms with Gasteiger partial charge in [0.05, 0.1) is 12.5 Å². The summed E-state index contributed by atoms with van der Waals surface area (Å²) in [6.45, 7) is 1.93. The number of benzene rings is 3. The summed E-state index contributed by atoms with van der Waals surface area (Å²) in [6, 6.07) is 20.1. The van der Waals surface area contributed by atoms with Gasteiger partial charge >= 0.3 is 6.18 Å². The Balaban J connectivity index is 1.65. The molecule has 0 fully saturated rings. The van der Waals surface area contributed by atoms with Crippen LogP contribution in [0.25, 0.3) is 0 Å². The zero-order valence-corrected chi connectivity index (χ0v) is 17.2. The molecule has 164 valence electrons. The molecule has 0 bridgehead atoms. The molecule has 3 aromatic rings. The Morgan fingerprint density at radius 3 is 2.29 bits per heavy atom. The van der Waals surface area contributed by atoms with Crippen LogP contribution < -0.4 is 9.47 Å². The highest BCUT2D eigenvalue weighted by Gasteiger charge is 2.40. The molecule has 0 saturated carbocycles. The van der Waals surface area contributed by atoms with Crippen molar-refractivity contribution in [1.82, 2.24) is 0 Å². The number of ether oxygens (including phenoxy) is 2. The average molecular weight is 432 g/mol. The van der Waals surface area contributed by atoms with Gasteiger partial charge in [-0.1, -0.05) is 36.4 Å². The van der Waals surface area contributed by atoms with Gasteiger partial charge in [0.15, 0.2) is 11.6 Å². The van der Waals surface area contributed by atoms with Crippen LogP contribution in [0.1, 0.15) is 36.8 Å². The van der Waals surface area contributed by atoms with Gasteiger partial charge in [-0.15, -0.1) is 0 Å². The smallest absolute Gasteiger partial charge is 0.395 e. The largest absolute Gasteiger partial charge is 0.491 e. The lowest BCUT2D eigenvalue weighted by Crippen LogP contribution is -2.21. The SMILES string of the molecule is CCOc1ccc(C(CCCc2cccc(Oc3ccccc3)c2)C(F)(F)F)cc1F. The molecule has 0 saturated heterocycles. The Kier molecular flexibility index (Phi) is 7.55.